The van der Waals surface area contributed by atoms with E-state index in [1.165, 1.54) is 22.3 Å². The summed E-state index contributed by atoms with van der Waals surface area (Å²) in [6, 6.07) is 25.0. The standard InChI is InChI=1S/C32H33NO3/c1-20(2)24-9-3-8-14-29(24)31(34)21-17-22-15-16-23(18-21)33(22)32(35)36-19-30-27-12-6-4-10-25(27)26-11-5-7-13-28(26)30/h3-14,20-23,30H,15-19H2,1-2H3. The summed E-state index contributed by atoms with van der Waals surface area (Å²) >= 11 is 0. The predicted molar refractivity (Wildman–Crippen MR) is 141 cm³/mol. The molecule has 184 valence electrons. The van der Waals surface area contributed by atoms with Crippen molar-refractivity contribution in [3.63, 3.8) is 0 Å². The van der Waals surface area contributed by atoms with Crippen molar-refractivity contribution in [3.8, 4) is 11.1 Å². The Balaban J connectivity index is 1.15. The zero-order chi connectivity index (χ0) is 24.8. The molecule has 2 bridgehead atoms. The van der Waals surface area contributed by atoms with Crippen LogP contribution in [-0.2, 0) is 4.74 Å². The number of piperidine rings is 1. The van der Waals surface area contributed by atoms with Crippen molar-refractivity contribution >= 4 is 11.9 Å². The number of carbonyl (C=O) groups excluding carboxylic acids is 2. The highest BCUT2D eigenvalue weighted by Crippen LogP contribution is 2.45. The van der Waals surface area contributed by atoms with Gasteiger partial charge in [0.25, 0.3) is 0 Å². The lowest BCUT2D eigenvalue weighted by Gasteiger charge is -2.38. The minimum absolute atomic E-state index is 0.0277. The second kappa shape index (κ2) is 9.24. The Morgan fingerprint density at radius 2 is 1.39 bits per heavy atom. The van der Waals surface area contributed by atoms with Gasteiger partial charge < -0.3 is 9.64 Å². The molecule has 4 heteroatoms. The molecule has 3 aromatic carbocycles. The Morgan fingerprint density at radius 1 is 0.833 bits per heavy atom. The number of hydrogen-bond donors (Lipinski definition) is 0. The average molecular weight is 480 g/mol. The number of carbonyl (C=O) groups is 2. The molecule has 0 N–H and O–H groups in total. The number of nitrogens with zero attached hydrogens (tertiary/aromatic N) is 1. The van der Waals surface area contributed by atoms with Crippen LogP contribution in [0.2, 0.25) is 0 Å². The van der Waals surface area contributed by atoms with Crippen molar-refractivity contribution < 1.29 is 14.3 Å². The minimum atomic E-state index is -0.224. The third-order valence-corrected chi connectivity index (χ3v) is 8.50. The summed E-state index contributed by atoms with van der Waals surface area (Å²) in [7, 11) is 0. The lowest BCUT2D eigenvalue weighted by atomic mass is 9.82. The molecule has 3 aromatic rings. The third-order valence-electron chi connectivity index (χ3n) is 8.50. The van der Waals surface area contributed by atoms with Gasteiger partial charge in [-0.15, -0.1) is 0 Å². The SMILES string of the molecule is CC(C)c1ccccc1C(=O)C1CC2CCC(C1)N2C(=O)OCC1c2ccccc2-c2ccccc21. The minimum Gasteiger partial charge on any atom is -0.448 e. The van der Waals surface area contributed by atoms with Crippen molar-refractivity contribution in [2.45, 2.75) is 63.5 Å². The number of ether oxygens (including phenoxy) is 1. The first-order valence-corrected chi connectivity index (χ1v) is 13.3. The maximum absolute atomic E-state index is 13.5. The van der Waals surface area contributed by atoms with Gasteiger partial charge in [-0.1, -0.05) is 86.6 Å². The van der Waals surface area contributed by atoms with Crippen molar-refractivity contribution in [1.82, 2.24) is 4.90 Å². The molecule has 0 radical (unpaired) electrons. The van der Waals surface area contributed by atoms with Crippen LogP contribution in [0.5, 0.6) is 0 Å². The van der Waals surface area contributed by atoms with Gasteiger partial charge in [-0.05, 0) is 59.4 Å². The first-order valence-electron chi connectivity index (χ1n) is 13.3. The number of Topliss-reactive ketones (excluding diaryl/α,β-unsaturated/α-hetero) is 1. The van der Waals surface area contributed by atoms with Crippen LogP contribution in [0.1, 0.15) is 78.4 Å². The smallest absolute Gasteiger partial charge is 0.410 e. The lowest BCUT2D eigenvalue weighted by Crippen LogP contribution is -2.48. The maximum Gasteiger partial charge on any atom is 0.410 e. The Labute approximate surface area is 213 Å². The summed E-state index contributed by atoms with van der Waals surface area (Å²) < 4.78 is 5.99. The summed E-state index contributed by atoms with van der Waals surface area (Å²) in [5.74, 6) is 0.580. The molecule has 2 saturated heterocycles. The van der Waals surface area contributed by atoms with E-state index in [2.05, 4.69) is 68.4 Å². The molecule has 0 spiro atoms. The number of fused-ring (bicyclic) bond motifs is 5. The molecule has 2 fully saturated rings. The third kappa shape index (κ3) is 3.84. The van der Waals surface area contributed by atoms with Crippen LogP contribution in [-0.4, -0.2) is 35.5 Å². The van der Waals surface area contributed by atoms with Gasteiger partial charge in [0.15, 0.2) is 5.78 Å². The van der Waals surface area contributed by atoms with Gasteiger partial charge in [-0.25, -0.2) is 4.79 Å². The number of hydrogen-bond acceptors (Lipinski definition) is 3. The normalized spacial score (nSPS) is 22.4. The molecular weight excluding hydrogens is 446 g/mol. The molecule has 0 aromatic heterocycles. The van der Waals surface area contributed by atoms with Crippen LogP contribution in [0, 0.1) is 5.92 Å². The van der Waals surface area contributed by atoms with E-state index in [4.69, 9.17) is 4.74 Å². The molecule has 6 rings (SSSR count). The van der Waals surface area contributed by atoms with Gasteiger partial charge >= 0.3 is 6.09 Å². The molecule has 0 saturated carbocycles. The molecule has 1 amide bonds. The van der Waals surface area contributed by atoms with E-state index in [-0.39, 0.29) is 35.8 Å². The van der Waals surface area contributed by atoms with Crippen LogP contribution < -0.4 is 0 Å². The second-order valence-corrected chi connectivity index (χ2v) is 10.9. The molecule has 2 atom stereocenters. The van der Waals surface area contributed by atoms with E-state index < -0.39 is 0 Å². The van der Waals surface area contributed by atoms with Gasteiger partial charge in [0, 0.05) is 29.5 Å². The summed E-state index contributed by atoms with van der Waals surface area (Å²) in [5, 5.41) is 0. The van der Waals surface area contributed by atoms with Crippen LogP contribution in [0.4, 0.5) is 4.79 Å². The van der Waals surface area contributed by atoms with E-state index in [0.717, 1.165) is 36.8 Å². The summed E-state index contributed by atoms with van der Waals surface area (Å²) in [6.45, 7) is 4.61. The monoisotopic (exact) mass is 479 g/mol. The van der Waals surface area contributed by atoms with Crippen molar-refractivity contribution in [2.75, 3.05) is 6.61 Å². The van der Waals surface area contributed by atoms with Crippen molar-refractivity contribution in [3.05, 3.63) is 95.1 Å². The van der Waals surface area contributed by atoms with Crippen LogP contribution in [0.3, 0.4) is 0 Å². The van der Waals surface area contributed by atoms with E-state index in [1.807, 2.05) is 23.1 Å². The molecule has 4 nitrogen and oxygen atoms in total. The fourth-order valence-electron chi connectivity index (χ4n) is 6.80. The largest absolute Gasteiger partial charge is 0.448 e. The Bertz CT molecular complexity index is 1250. The number of amides is 1. The van der Waals surface area contributed by atoms with Gasteiger partial charge in [0.1, 0.15) is 6.61 Å². The topological polar surface area (TPSA) is 46.6 Å². The molecular formula is C32H33NO3. The average Bonchev–Trinajstić information content (AvgIpc) is 3.37. The van der Waals surface area contributed by atoms with Gasteiger partial charge in [-0.2, -0.15) is 0 Å². The van der Waals surface area contributed by atoms with Crippen molar-refractivity contribution in [2.24, 2.45) is 5.92 Å². The van der Waals surface area contributed by atoms with Crippen LogP contribution >= 0.6 is 0 Å². The number of ketones is 1. The van der Waals surface area contributed by atoms with Crippen LogP contribution in [0.15, 0.2) is 72.8 Å². The summed E-state index contributed by atoms with van der Waals surface area (Å²) in [5.41, 5.74) is 6.89. The second-order valence-electron chi connectivity index (χ2n) is 10.9. The molecule has 2 unspecified atom stereocenters. The molecule has 36 heavy (non-hydrogen) atoms. The summed E-state index contributed by atoms with van der Waals surface area (Å²) in [4.78, 5) is 28.8. The molecule has 2 aliphatic heterocycles. The highest BCUT2D eigenvalue weighted by molar-refractivity contribution is 5.99. The van der Waals surface area contributed by atoms with Gasteiger partial charge in [-0.3, -0.25) is 4.79 Å². The fraction of sp³-hybridized carbons (Fsp3) is 0.375. The lowest BCUT2D eigenvalue weighted by molar-refractivity contribution is 0.0505. The first-order chi connectivity index (χ1) is 17.5. The summed E-state index contributed by atoms with van der Waals surface area (Å²) in [6.07, 6.45) is 3.13. The molecule has 1 aliphatic carbocycles. The Morgan fingerprint density at radius 3 is 2.00 bits per heavy atom. The number of rotatable bonds is 5. The van der Waals surface area contributed by atoms with E-state index in [9.17, 15) is 9.59 Å². The first kappa shape index (κ1) is 23.0. The Kier molecular flexibility index (Phi) is 5.91. The fourth-order valence-corrected chi connectivity index (χ4v) is 6.80. The Hall–Kier alpha value is -3.40. The van der Waals surface area contributed by atoms with E-state index in [1.54, 1.807) is 0 Å². The zero-order valence-corrected chi connectivity index (χ0v) is 21.0. The van der Waals surface area contributed by atoms with E-state index in [0.29, 0.717) is 12.5 Å². The predicted octanol–water partition coefficient (Wildman–Crippen LogP) is 7.18. The quantitative estimate of drug-likeness (QED) is 0.364. The highest BCUT2D eigenvalue weighted by atomic mass is 16.6. The highest BCUT2D eigenvalue weighted by Gasteiger charge is 2.46. The molecule has 2 heterocycles. The van der Waals surface area contributed by atoms with Crippen LogP contribution in [0.25, 0.3) is 11.1 Å². The maximum atomic E-state index is 13.5. The van der Waals surface area contributed by atoms with E-state index >= 15 is 0 Å². The molecule has 3 aliphatic rings. The van der Waals surface area contributed by atoms with Gasteiger partial charge in [0.05, 0.1) is 0 Å². The number of benzene rings is 3. The van der Waals surface area contributed by atoms with Gasteiger partial charge in [0.2, 0.25) is 0 Å². The van der Waals surface area contributed by atoms with Crippen molar-refractivity contribution in [1.29, 1.82) is 0 Å². The zero-order valence-electron chi connectivity index (χ0n) is 21.0.